The Morgan fingerprint density at radius 3 is 2.53 bits per heavy atom. The Morgan fingerprint density at radius 1 is 1.33 bits per heavy atom. The molecule has 2 rings (SSSR count). The van der Waals surface area contributed by atoms with Crippen molar-refractivity contribution in [1.29, 1.82) is 0 Å². The predicted octanol–water partition coefficient (Wildman–Crippen LogP) is 3.28. The summed E-state index contributed by atoms with van der Waals surface area (Å²) in [7, 11) is 0. The second kappa shape index (κ2) is 4.15. The molecular weight excluding hydrogens is 206 g/mol. The Kier molecular flexibility index (Phi) is 3.03. The number of aryl methyl sites for hydroxylation is 1. The molecule has 0 unspecified atom stereocenters. The van der Waals surface area contributed by atoms with Gasteiger partial charge in [-0.15, -0.1) is 0 Å². The monoisotopic (exact) mass is 223 g/mol. The molecule has 1 aliphatic rings. The average Bonchev–Trinajstić information content (AvgIpc) is 2.16. The van der Waals surface area contributed by atoms with Crippen molar-refractivity contribution in [3.8, 4) is 0 Å². The number of halogens is 1. The van der Waals surface area contributed by atoms with Crippen LogP contribution in [0.1, 0.15) is 37.3 Å². The summed E-state index contributed by atoms with van der Waals surface area (Å²) in [5.74, 6) is 0. The summed E-state index contributed by atoms with van der Waals surface area (Å²) < 4.78 is 0. The van der Waals surface area contributed by atoms with Gasteiger partial charge in [-0.25, -0.2) is 0 Å². The van der Waals surface area contributed by atoms with Crippen LogP contribution in [0.5, 0.6) is 0 Å². The van der Waals surface area contributed by atoms with Gasteiger partial charge in [0.25, 0.3) is 0 Å². The Bertz CT molecular complexity index is 350. The van der Waals surface area contributed by atoms with Gasteiger partial charge in [0.05, 0.1) is 0 Å². The highest BCUT2D eigenvalue weighted by Gasteiger charge is 2.37. The zero-order valence-corrected chi connectivity index (χ0v) is 9.98. The Morgan fingerprint density at radius 2 is 2.07 bits per heavy atom. The van der Waals surface area contributed by atoms with Crippen LogP contribution in [-0.2, 0) is 11.8 Å². The van der Waals surface area contributed by atoms with Gasteiger partial charge >= 0.3 is 0 Å². The molecule has 0 aliphatic heterocycles. The molecule has 0 heterocycles. The van der Waals surface area contributed by atoms with Crippen molar-refractivity contribution in [2.45, 2.75) is 38.0 Å². The molecule has 0 saturated heterocycles. The lowest BCUT2D eigenvalue weighted by molar-refractivity contribution is 0.253. The van der Waals surface area contributed by atoms with Gasteiger partial charge in [0, 0.05) is 17.0 Å². The lowest BCUT2D eigenvalue weighted by atomic mass is 9.64. The fraction of sp³-hybridized carbons (Fsp3) is 0.538. The Labute approximate surface area is 96.6 Å². The highest BCUT2D eigenvalue weighted by atomic mass is 35.5. The van der Waals surface area contributed by atoms with Crippen molar-refractivity contribution in [3.05, 3.63) is 34.3 Å². The first kappa shape index (κ1) is 11.0. The van der Waals surface area contributed by atoms with Crippen molar-refractivity contribution < 1.29 is 0 Å². The van der Waals surface area contributed by atoms with E-state index in [0.717, 1.165) is 18.0 Å². The van der Waals surface area contributed by atoms with Gasteiger partial charge in [-0.1, -0.05) is 31.0 Å². The zero-order chi connectivity index (χ0) is 10.9. The highest BCUT2D eigenvalue weighted by Crippen LogP contribution is 2.43. The van der Waals surface area contributed by atoms with Crippen LogP contribution >= 0.6 is 11.6 Å². The molecule has 1 nitrogen and oxygen atoms in total. The predicted molar refractivity (Wildman–Crippen MR) is 65.4 cm³/mol. The van der Waals surface area contributed by atoms with Crippen molar-refractivity contribution >= 4 is 11.6 Å². The van der Waals surface area contributed by atoms with Gasteiger partial charge in [-0.05, 0) is 42.5 Å². The van der Waals surface area contributed by atoms with E-state index in [4.69, 9.17) is 17.3 Å². The van der Waals surface area contributed by atoms with Gasteiger partial charge in [0.1, 0.15) is 0 Å². The van der Waals surface area contributed by atoms with Crippen LogP contribution in [0.4, 0.5) is 0 Å². The molecule has 1 fully saturated rings. The van der Waals surface area contributed by atoms with E-state index in [1.54, 1.807) is 0 Å². The average molecular weight is 224 g/mol. The molecule has 0 aromatic heterocycles. The zero-order valence-electron chi connectivity index (χ0n) is 9.22. The van der Waals surface area contributed by atoms with E-state index in [1.165, 1.54) is 30.4 Å². The summed E-state index contributed by atoms with van der Waals surface area (Å²) in [6, 6.07) is 6.42. The molecule has 2 heteroatoms. The maximum absolute atomic E-state index is 6.13. The first-order valence-electron chi connectivity index (χ1n) is 5.70. The van der Waals surface area contributed by atoms with Crippen molar-refractivity contribution in [2.24, 2.45) is 5.73 Å². The molecule has 0 bridgehead atoms. The van der Waals surface area contributed by atoms with E-state index >= 15 is 0 Å². The van der Waals surface area contributed by atoms with Crippen molar-refractivity contribution in [1.82, 2.24) is 0 Å². The van der Waals surface area contributed by atoms with Gasteiger partial charge in [-0.2, -0.15) is 0 Å². The minimum absolute atomic E-state index is 0.231. The summed E-state index contributed by atoms with van der Waals surface area (Å²) in [5.41, 5.74) is 8.79. The molecule has 1 aromatic rings. The number of rotatable bonds is 3. The fourth-order valence-electron chi connectivity index (χ4n) is 2.37. The highest BCUT2D eigenvalue weighted by molar-refractivity contribution is 6.30. The van der Waals surface area contributed by atoms with Crippen LogP contribution in [0.3, 0.4) is 0 Å². The van der Waals surface area contributed by atoms with Crippen LogP contribution in [0.15, 0.2) is 18.2 Å². The molecule has 1 aromatic carbocycles. The van der Waals surface area contributed by atoms with E-state index in [9.17, 15) is 0 Å². The largest absolute Gasteiger partial charge is 0.330 e. The van der Waals surface area contributed by atoms with Crippen molar-refractivity contribution in [3.63, 3.8) is 0 Å². The van der Waals surface area contributed by atoms with E-state index in [1.807, 2.05) is 6.07 Å². The number of hydrogen-bond acceptors (Lipinski definition) is 1. The minimum atomic E-state index is 0.231. The van der Waals surface area contributed by atoms with E-state index in [2.05, 4.69) is 19.1 Å². The normalized spacial score (nSPS) is 18.6. The lowest BCUT2D eigenvalue weighted by Crippen LogP contribution is -2.41. The van der Waals surface area contributed by atoms with E-state index in [0.29, 0.717) is 0 Å². The number of hydrogen-bond donors (Lipinski definition) is 1. The summed E-state index contributed by atoms with van der Waals surface area (Å²) in [6.45, 7) is 2.90. The minimum Gasteiger partial charge on any atom is -0.330 e. The molecule has 0 radical (unpaired) electrons. The molecule has 1 saturated carbocycles. The van der Waals surface area contributed by atoms with E-state index in [-0.39, 0.29) is 5.41 Å². The summed E-state index contributed by atoms with van der Waals surface area (Å²) in [5, 5.41) is 0.851. The molecule has 2 N–H and O–H groups in total. The molecule has 15 heavy (non-hydrogen) atoms. The molecule has 0 amide bonds. The Hall–Kier alpha value is -0.530. The molecule has 1 aliphatic carbocycles. The topological polar surface area (TPSA) is 26.0 Å². The maximum Gasteiger partial charge on any atom is 0.0411 e. The third-order valence-electron chi connectivity index (χ3n) is 3.68. The quantitative estimate of drug-likeness (QED) is 0.836. The van der Waals surface area contributed by atoms with Crippen LogP contribution in [0, 0.1) is 0 Å². The third-order valence-corrected chi connectivity index (χ3v) is 3.90. The maximum atomic E-state index is 6.13. The van der Waals surface area contributed by atoms with Crippen molar-refractivity contribution in [2.75, 3.05) is 6.54 Å². The van der Waals surface area contributed by atoms with Gasteiger partial charge in [0.15, 0.2) is 0 Å². The van der Waals surface area contributed by atoms with Gasteiger partial charge < -0.3 is 5.73 Å². The first-order valence-corrected chi connectivity index (χ1v) is 6.08. The molecule has 82 valence electrons. The van der Waals surface area contributed by atoms with Crippen LogP contribution in [-0.4, -0.2) is 6.54 Å². The Balaban J connectivity index is 2.38. The first-order chi connectivity index (χ1) is 7.20. The summed E-state index contributed by atoms with van der Waals surface area (Å²) in [6.07, 6.45) is 4.76. The second-order valence-corrected chi connectivity index (χ2v) is 4.98. The van der Waals surface area contributed by atoms with Gasteiger partial charge in [-0.3, -0.25) is 0 Å². The van der Waals surface area contributed by atoms with E-state index < -0.39 is 0 Å². The third kappa shape index (κ3) is 1.91. The van der Waals surface area contributed by atoms with Gasteiger partial charge in [0.2, 0.25) is 0 Å². The SMILES string of the molecule is CCc1cc(Cl)cc(C2(CN)CCC2)c1. The number of benzene rings is 1. The lowest BCUT2D eigenvalue weighted by Gasteiger charge is -2.41. The molecule has 0 atom stereocenters. The fourth-order valence-corrected chi connectivity index (χ4v) is 2.63. The second-order valence-electron chi connectivity index (χ2n) is 4.54. The standard InChI is InChI=1S/C13H18ClN/c1-2-10-6-11(8-12(14)7-10)13(9-15)4-3-5-13/h6-8H,2-5,9,15H2,1H3. The molecular formula is C13H18ClN. The smallest absolute Gasteiger partial charge is 0.0411 e. The number of nitrogens with two attached hydrogens (primary N) is 1. The van der Waals surface area contributed by atoms with Crippen LogP contribution in [0.25, 0.3) is 0 Å². The summed E-state index contributed by atoms with van der Waals surface area (Å²) in [4.78, 5) is 0. The molecule has 0 spiro atoms. The summed E-state index contributed by atoms with van der Waals surface area (Å²) >= 11 is 6.13. The van der Waals surface area contributed by atoms with Crippen LogP contribution < -0.4 is 5.73 Å². The van der Waals surface area contributed by atoms with Crippen LogP contribution in [0.2, 0.25) is 5.02 Å².